The Kier molecular flexibility index (Phi) is 2.95. The molecule has 0 radical (unpaired) electrons. The lowest BCUT2D eigenvalue weighted by molar-refractivity contribution is 0.158. The average molecular weight is 162 g/mol. The number of hydrogen-bond donors (Lipinski definition) is 0. The van der Waals surface area contributed by atoms with Gasteiger partial charge in [-0.1, -0.05) is 24.0 Å². The zero-order valence-corrected chi connectivity index (χ0v) is 7.79. The van der Waals surface area contributed by atoms with E-state index in [0.717, 1.165) is 11.3 Å². The van der Waals surface area contributed by atoms with Crippen molar-refractivity contribution in [2.24, 2.45) is 0 Å². The fourth-order valence-corrected chi connectivity index (χ4v) is 0.943. The molecule has 0 N–H and O–H groups in total. The van der Waals surface area contributed by atoms with Crippen LogP contribution in [0.5, 0.6) is 0 Å². The summed E-state index contributed by atoms with van der Waals surface area (Å²) in [6, 6.07) is 0. The molecule has 0 spiro atoms. The molecule has 64 valence electrons. The molecule has 0 amide bonds. The summed E-state index contributed by atoms with van der Waals surface area (Å²) in [6.45, 7) is 6.03. The number of allylic oxidation sites excluding steroid dienone is 4. The standard InChI is InChI=1S/C11H14O/c1-9(2)12-11-7-5-4-6-10(3)8-11/h4-7,9H,1-3H3. The molecule has 0 fully saturated rings. The third-order valence-electron chi connectivity index (χ3n) is 1.39. The maximum Gasteiger partial charge on any atom is 0.162 e. The van der Waals surface area contributed by atoms with Crippen molar-refractivity contribution in [1.82, 2.24) is 0 Å². The van der Waals surface area contributed by atoms with Crippen LogP contribution >= 0.6 is 0 Å². The minimum absolute atomic E-state index is 0.211. The minimum atomic E-state index is 0.211. The average Bonchev–Trinajstić information content (AvgIpc) is 2.12. The van der Waals surface area contributed by atoms with Crippen molar-refractivity contribution in [2.45, 2.75) is 26.9 Å². The molecule has 0 aliphatic heterocycles. The highest BCUT2D eigenvalue weighted by molar-refractivity contribution is 5.29. The van der Waals surface area contributed by atoms with E-state index >= 15 is 0 Å². The van der Waals surface area contributed by atoms with Crippen LogP contribution in [0.2, 0.25) is 0 Å². The summed E-state index contributed by atoms with van der Waals surface area (Å²) in [6.07, 6.45) is 8.09. The van der Waals surface area contributed by atoms with Gasteiger partial charge in [0.15, 0.2) is 5.76 Å². The third kappa shape index (κ3) is 2.81. The maximum atomic E-state index is 5.50. The molecule has 1 rings (SSSR count). The molecule has 0 heterocycles. The summed E-state index contributed by atoms with van der Waals surface area (Å²) in [5, 5.41) is 0. The quantitative estimate of drug-likeness (QED) is 0.567. The van der Waals surface area contributed by atoms with Crippen molar-refractivity contribution in [1.29, 1.82) is 0 Å². The van der Waals surface area contributed by atoms with E-state index in [1.165, 1.54) is 0 Å². The lowest BCUT2D eigenvalue weighted by atomic mass is 10.3. The van der Waals surface area contributed by atoms with Crippen LogP contribution in [0.15, 0.2) is 41.4 Å². The van der Waals surface area contributed by atoms with Gasteiger partial charge in [-0.15, -0.1) is 0 Å². The fourth-order valence-electron chi connectivity index (χ4n) is 0.943. The van der Waals surface area contributed by atoms with E-state index in [-0.39, 0.29) is 6.10 Å². The summed E-state index contributed by atoms with van der Waals surface area (Å²) >= 11 is 0. The van der Waals surface area contributed by atoms with Crippen LogP contribution in [0.25, 0.3) is 0 Å². The molecule has 1 aliphatic rings. The molecule has 1 nitrogen and oxygen atoms in total. The van der Waals surface area contributed by atoms with Crippen LogP contribution in [0.4, 0.5) is 0 Å². The Hall–Kier alpha value is -1.20. The molecule has 0 unspecified atom stereocenters. The van der Waals surface area contributed by atoms with E-state index in [4.69, 9.17) is 4.74 Å². The summed E-state index contributed by atoms with van der Waals surface area (Å²) in [5.74, 6) is 0.812. The highest BCUT2D eigenvalue weighted by Gasteiger charge is 1.97. The highest BCUT2D eigenvalue weighted by Crippen LogP contribution is 2.08. The molecule has 0 saturated carbocycles. The Morgan fingerprint density at radius 3 is 2.58 bits per heavy atom. The third-order valence-corrected chi connectivity index (χ3v) is 1.39. The van der Waals surface area contributed by atoms with Gasteiger partial charge in [0.2, 0.25) is 0 Å². The van der Waals surface area contributed by atoms with E-state index in [0.29, 0.717) is 0 Å². The Balaban J connectivity index is 2.82. The first-order valence-electron chi connectivity index (χ1n) is 4.17. The second kappa shape index (κ2) is 3.99. The molecule has 0 bridgehead atoms. The predicted octanol–water partition coefficient (Wildman–Crippen LogP) is 2.97. The van der Waals surface area contributed by atoms with Gasteiger partial charge in [0.25, 0.3) is 0 Å². The lowest BCUT2D eigenvalue weighted by Gasteiger charge is -2.07. The van der Waals surface area contributed by atoms with E-state index < -0.39 is 0 Å². The molecule has 0 aromatic heterocycles. The highest BCUT2D eigenvalue weighted by atomic mass is 16.5. The summed E-state index contributed by atoms with van der Waals surface area (Å²) in [5.41, 5.74) is 4.24. The van der Waals surface area contributed by atoms with Crippen molar-refractivity contribution in [3.8, 4) is 0 Å². The molecular weight excluding hydrogens is 148 g/mol. The van der Waals surface area contributed by atoms with Gasteiger partial charge in [-0.25, -0.2) is 0 Å². The minimum Gasteiger partial charge on any atom is -0.484 e. The molecule has 0 aromatic rings. The number of ether oxygens (including phenoxy) is 1. The maximum absolute atomic E-state index is 5.50. The van der Waals surface area contributed by atoms with E-state index in [9.17, 15) is 0 Å². The number of hydrogen-bond acceptors (Lipinski definition) is 1. The molecule has 1 aliphatic carbocycles. The van der Waals surface area contributed by atoms with Gasteiger partial charge in [-0.3, -0.25) is 0 Å². The van der Waals surface area contributed by atoms with Crippen molar-refractivity contribution in [3.63, 3.8) is 0 Å². The predicted molar refractivity (Wildman–Crippen MR) is 50.7 cm³/mol. The van der Waals surface area contributed by atoms with Gasteiger partial charge in [0.1, 0.15) is 0 Å². The first kappa shape index (κ1) is 8.89. The zero-order valence-electron chi connectivity index (χ0n) is 7.79. The van der Waals surface area contributed by atoms with Gasteiger partial charge in [0.05, 0.1) is 6.10 Å². The molecule has 1 heteroatoms. The smallest absolute Gasteiger partial charge is 0.162 e. The first-order chi connectivity index (χ1) is 5.68. The number of rotatable bonds is 2. The van der Waals surface area contributed by atoms with E-state index in [2.05, 4.69) is 5.73 Å². The van der Waals surface area contributed by atoms with Crippen LogP contribution in [-0.4, -0.2) is 6.10 Å². The second-order valence-corrected chi connectivity index (χ2v) is 3.06. The SMILES string of the molecule is CC1=C=C(OC(C)C)C=CC=C1. The Labute approximate surface area is 73.7 Å². The Morgan fingerprint density at radius 1 is 1.25 bits per heavy atom. The topological polar surface area (TPSA) is 9.23 Å². The zero-order chi connectivity index (χ0) is 8.97. The van der Waals surface area contributed by atoms with Gasteiger partial charge in [0, 0.05) is 0 Å². The van der Waals surface area contributed by atoms with Crippen LogP contribution in [0.1, 0.15) is 20.8 Å². The molecule has 0 aromatic carbocycles. The molecule has 0 saturated heterocycles. The summed E-state index contributed by atoms with van der Waals surface area (Å²) in [4.78, 5) is 0. The van der Waals surface area contributed by atoms with Gasteiger partial charge in [-0.05, 0) is 32.4 Å². The fraction of sp³-hybridized carbons (Fsp3) is 0.364. The molecule has 0 atom stereocenters. The van der Waals surface area contributed by atoms with Crippen LogP contribution in [0, 0.1) is 0 Å². The Morgan fingerprint density at radius 2 is 1.92 bits per heavy atom. The van der Waals surface area contributed by atoms with Crippen molar-refractivity contribution >= 4 is 0 Å². The van der Waals surface area contributed by atoms with Crippen LogP contribution < -0.4 is 0 Å². The summed E-state index contributed by atoms with van der Waals surface area (Å²) < 4.78 is 5.50. The van der Waals surface area contributed by atoms with E-state index in [1.54, 1.807) is 0 Å². The second-order valence-electron chi connectivity index (χ2n) is 3.06. The molecular formula is C11H14O. The van der Waals surface area contributed by atoms with Crippen LogP contribution in [-0.2, 0) is 4.74 Å². The van der Waals surface area contributed by atoms with Gasteiger partial charge in [-0.2, -0.15) is 0 Å². The normalized spacial score (nSPS) is 15.7. The van der Waals surface area contributed by atoms with Crippen LogP contribution in [0.3, 0.4) is 0 Å². The van der Waals surface area contributed by atoms with Gasteiger partial charge >= 0.3 is 0 Å². The summed E-state index contributed by atoms with van der Waals surface area (Å²) in [7, 11) is 0. The lowest BCUT2D eigenvalue weighted by Crippen LogP contribution is -1.99. The van der Waals surface area contributed by atoms with Crippen molar-refractivity contribution in [3.05, 3.63) is 41.4 Å². The monoisotopic (exact) mass is 162 g/mol. The van der Waals surface area contributed by atoms with Crippen molar-refractivity contribution < 1.29 is 4.74 Å². The largest absolute Gasteiger partial charge is 0.484 e. The van der Waals surface area contributed by atoms with E-state index in [1.807, 2.05) is 45.1 Å². The Bertz CT molecular complexity index is 273. The molecule has 12 heavy (non-hydrogen) atoms. The first-order valence-corrected chi connectivity index (χ1v) is 4.17. The van der Waals surface area contributed by atoms with Crippen molar-refractivity contribution in [2.75, 3.05) is 0 Å². The van der Waals surface area contributed by atoms with Gasteiger partial charge < -0.3 is 4.74 Å².